The number of rotatable bonds is 5. The van der Waals surface area contributed by atoms with Crippen LogP contribution >= 0.6 is 0 Å². The molecule has 94 valence electrons. The molecule has 0 aliphatic rings. The van der Waals surface area contributed by atoms with Crippen LogP contribution in [0.25, 0.3) is 0 Å². The molecule has 0 saturated heterocycles. The Morgan fingerprint density at radius 3 is 2.61 bits per heavy atom. The SMILES string of the molecule is CC(C)(CCC#N)CNc1ccc(C#N)cc1F. The largest absolute Gasteiger partial charge is 0.382 e. The monoisotopic (exact) mass is 245 g/mol. The van der Waals surface area contributed by atoms with Crippen LogP contribution in [0.3, 0.4) is 0 Å². The summed E-state index contributed by atoms with van der Waals surface area (Å²) in [6, 6.07) is 8.36. The van der Waals surface area contributed by atoms with Crippen LogP contribution in [-0.2, 0) is 0 Å². The van der Waals surface area contributed by atoms with Gasteiger partial charge in [0.15, 0.2) is 0 Å². The zero-order valence-corrected chi connectivity index (χ0v) is 10.6. The highest BCUT2D eigenvalue weighted by Gasteiger charge is 2.17. The van der Waals surface area contributed by atoms with E-state index in [0.29, 0.717) is 24.2 Å². The molecule has 0 aromatic heterocycles. The molecule has 18 heavy (non-hydrogen) atoms. The number of hydrogen-bond acceptors (Lipinski definition) is 3. The van der Waals surface area contributed by atoms with E-state index in [1.807, 2.05) is 19.9 Å². The lowest BCUT2D eigenvalue weighted by molar-refractivity contribution is 0.363. The first-order valence-electron chi connectivity index (χ1n) is 5.79. The van der Waals surface area contributed by atoms with Crippen molar-refractivity contribution in [1.82, 2.24) is 0 Å². The lowest BCUT2D eigenvalue weighted by Gasteiger charge is -2.24. The highest BCUT2D eigenvalue weighted by molar-refractivity contribution is 5.48. The Morgan fingerprint density at radius 1 is 1.33 bits per heavy atom. The van der Waals surface area contributed by atoms with Crippen molar-refractivity contribution in [2.45, 2.75) is 26.7 Å². The van der Waals surface area contributed by atoms with Gasteiger partial charge in [0.05, 0.1) is 23.4 Å². The number of nitrogens with zero attached hydrogens (tertiary/aromatic N) is 2. The molecule has 0 aliphatic carbocycles. The summed E-state index contributed by atoms with van der Waals surface area (Å²) in [5, 5.41) is 20.2. The molecular weight excluding hydrogens is 229 g/mol. The molecule has 3 nitrogen and oxygen atoms in total. The van der Waals surface area contributed by atoms with Crippen LogP contribution < -0.4 is 5.32 Å². The third kappa shape index (κ3) is 4.07. The predicted octanol–water partition coefficient (Wildman–Crippen LogP) is 3.44. The van der Waals surface area contributed by atoms with Gasteiger partial charge in [-0.15, -0.1) is 0 Å². The first kappa shape index (κ1) is 14.0. The number of halogens is 1. The Kier molecular flexibility index (Phi) is 4.68. The second kappa shape index (κ2) is 6.02. The molecule has 0 saturated carbocycles. The van der Waals surface area contributed by atoms with E-state index in [1.165, 1.54) is 6.07 Å². The fraction of sp³-hybridized carbons (Fsp3) is 0.429. The zero-order valence-electron chi connectivity index (χ0n) is 10.6. The number of anilines is 1. The quantitative estimate of drug-likeness (QED) is 0.864. The van der Waals surface area contributed by atoms with Crippen LogP contribution in [0.5, 0.6) is 0 Å². The molecule has 0 bridgehead atoms. The average Bonchev–Trinajstić information content (AvgIpc) is 2.35. The van der Waals surface area contributed by atoms with Crippen molar-refractivity contribution in [3.63, 3.8) is 0 Å². The highest BCUT2D eigenvalue weighted by Crippen LogP contribution is 2.24. The molecule has 4 heteroatoms. The minimum Gasteiger partial charge on any atom is -0.382 e. The molecule has 0 spiro atoms. The van der Waals surface area contributed by atoms with E-state index in [4.69, 9.17) is 10.5 Å². The summed E-state index contributed by atoms with van der Waals surface area (Å²) in [5.41, 5.74) is 0.622. The Morgan fingerprint density at radius 2 is 2.06 bits per heavy atom. The van der Waals surface area contributed by atoms with Crippen LogP contribution in [0.2, 0.25) is 0 Å². The van der Waals surface area contributed by atoms with Crippen molar-refractivity contribution in [1.29, 1.82) is 10.5 Å². The maximum atomic E-state index is 13.6. The maximum absolute atomic E-state index is 13.6. The van der Waals surface area contributed by atoms with E-state index in [2.05, 4.69) is 11.4 Å². The van der Waals surface area contributed by atoms with Crippen LogP contribution in [0.1, 0.15) is 32.3 Å². The van der Waals surface area contributed by atoms with Gasteiger partial charge >= 0.3 is 0 Å². The van der Waals surface area contributed by atoms with Gasteiger partial charge in [0.25, 0.3) is 0 Å². The summed E-state index contributed by atoms with van der Waals surface area (Å²) in [6.45, 7) is 4.63. The standard InChI is InChI=1S/C14H16FN3/c1-14(2,6-3-7-16)10-18-13-5-4-11(9-17)8-12(13)15/h4-5,8,18H,3,6,10H2,1-2H3. The summed E-state index contributed by atoms with van der Waals surface area (Å²) in [5.74, 6) is -0.426. The summed E-state index contributed by atoms with van der Waals surface area (Å²) in [6.07, 6.45) is 1.25. The Labute approximate surface area is 107 Å². The van der Waals surface area contributed by atoms with Crippen molar-refractivity contribution in [2.75, 3.05) is 11.9 Å². The number of nitriles is 2. The molecule has 1 aromatic rings. The topological polar surface area (TPSA) is 59.6 Å². The molecule has 1 N–H and O–H groups in total. The van der Waals surface area contributed by atoms with Gasteiger partial charge in [0.2, 0.25) is 0 Å². The summed E-state index contributed by atoms with van der Waals surface area (Å²) in [7, 11) is 0. The highest BCUT2D eigenvalue weighted by atomic mass is 19.1. The van der Waals surface area contributed by atoms with E-state index in [1.54, 1.807) is 12.1 Å². The average molecular weight is 245 g/mol. The minimum atomic E-state index is -0.426. The second-order valence-electron chi connectivity index (χ2n) is 4.98. The van der Waals surface area contributed by atoms with Crippen molar-refractivity contribution in [2.24, 2.45) is 5.41 Å². The number of nitrogens with one attached hydrogen (secondary N) is 1. The van der Waals surface area contributed by atoms with E-state index >= 15 is 0 Å². The molecule has 0 aliphatic heterocycles. The third-order valence-corrected chi connectivity index (χ3v) is 2.77. The van der Waals surface area contributed by atoms with E-state index in [0.717, 1.165) is 6.42 Å². The fourth-order valence-electron chi connectivity index (χ4n) is 1.55. The van der Waals surface area contributed by atoms with Crippen molar-refractivity contribution in [3.8, 4) is 12.1 Å². The van der Waals surface area contributed by atoms with Gasteiger partial charge in [-0.1, -0.05) is 13.8 Å². The van der Waals surface area contributed by atoms with E-state index < -0.39 is 5.82 Å². The molecule has 0 fully saturated rings. The van der Waals surface area contributed by atoms with Crippen LogP contribution in [-0.4, -0.2) is 6.54 Å². The lowest BCUT2D eigenvalue weighted by atomic mass is 9.88. The van der Waals surface area contributed by atoms with Gasteiger partial charge in [-0.05, 0) is 30.0 Å². The van der Waals surface area contributed by atoms with Gasteiger partial charge in [0.1, 0.15) is 5.82 Å². The van der Waals surface area contributed by atoms with Crippen molar-refractivity contribution >= 4 is 5.69 Å². The van der Waals surface area contributed by atoms with Gasteiger partial charge in [-0.3, -0.25) is 0 Å². The molecule has 0 radical (unpaired) electrons. The first-order chi connectivity index (χ1) is 8.48. The fourth-order valence-corrected chi connectivity index (χ4v) is 1.55. The van der Waals surface area contributed by atoms with E-state index in [-0.39, 0.29) is 5.41 Å². The van der Waals surface area contributed by atoms with Gasteiger partial charge in [0, 0.05) is 13.0 Å². The van der Waals surface area contributed by atoms with Gasteiger partial charge in [-0.2, -0.15) is 10.5 Å². The molecule has 1 aromatic carbocycles. The predicted molar refractivity (Wildman–Crippen MR) is 68.2 cm³/mol. The zero-order chi connectivity index (χ0) is 13.6. The maximum Gasteiger partial charge on any atom is 0.147 e. The summed E-state index contributed by atoms with van der Waals surface area (Å²) < 4.78 is 13.6. The van der Waals surface area contributed by atoms with Gasteiger partial charge < -0.3 is 5.32 Å². The summed E-state index contributed by atoms with van der Waals surface area (Å²) >= 11 is 0. The van der Waals surface area contributed by atoms with Crippen molar-refractivity contribution in [3.05, 3.63) is 29.6 Å². The Balaban J connectivity index is 2.64. The van der Waals surface area contributed by atoms with Gasteiger partial charge in [-0.25, -0.2) is 4.39 Å². The molecular formula is C14H16FN3. The second-order valence-corrected chi connectivity index (χ2v) is 4.98. The lowest BCUT2D eigenvalue weighted by Crippen LogP contribution is -2.23. The molecule has 0 atom stereocenters. The van der Waals surface area contributed by atoms with E-state index in [9.17, 15) is 4.39 Å². The third-order valence-electron chi connectivity index (χ3n) is 2.77. The van der Waals surface area contributed by atoms with Crippen LogP contribution in [0.15, 0.2) is 18.2 Å². The van der Waals surface area contributed by atoms with Crippen LogP contribution in [0, 0.1) is 33.9 Å². The molecule has 0 unspecified atom stereocenters. The Bertz CT molecular complexity index is 495. The van der Waals surface area contributed by atoms with Crippen molar-refractivity contribution < 1.29 is 4.39 Å². The molecule has 0 amide bonds. The normalized spacial score (nSPS) is 10.5. The smallest absolute Gasteiger partial charge is 0.147 e. The summed E-state index contributed by atoms with van der Waals surface area (Å²) in [4.78, 5) is 0. The number of hydrogen-bond donors (Lipinski definition) is 1. The molecule has 0 heterocycles. The molecule has 1 rings (SSSR count). The van der Waals surface area contributed by atoms with Crippen LogP contribution in [0.4, 0.5) is 10.1 Å². The number of benzene rings is 1. The Hall–Kier alpha value is -2.07. The first-order valence-corrected chi connectivity index (χ1v) is 5.79. The minimum absolute atomic E-state index is 0.0733.